The number of ether oxygens (including phenoxy) is 2. The molecule has 13 heavy (non-hydrogen) atoms. The second-order valence-electron chi connectivity index (χ2n) is 2.94. The summed E-state index contributed by atoms with van der Waals surface area (Å²) in [5, 5.41) is 0. The number of hydrogen-bond donors (Lipinski definition) is 1. The van der Waals surface area contributed by atoms with E-state index in [0.29, 0.717) is 23.7 Å². The van der Waals surface area contributed by atoms with Crippen LogP contribution in [0.5, 0.6) is 11.5 Å². The van der Waals surface area contributed by atoms with Gasteiger partial charge in [0.05, 0.1) is 13.2 Å². The van der Waals surface area contributed by atoms with Gasteiger partial charge >= 0.3 is 0 Å². The van der Waals surface area contributed by atoms with Gasteiger partial charge in [0.2, 0.25) is 0 Å². The van der Waals surface area contributed by atoms with Crippen LogP contribution in [0.3, 0.4) is 0 Å². The Hall–Kier alpha value is -1.29. The molecule has 0 spiro atoms. The first-order valence-electron chi connectivity index (χ1n) is 3.98. The molecule has 0 radical (unpaired) electrons. The fourth-order valence-corrected chi connectivity index (χ4v) is 1.43. The predicted molar refractivity (Wildman–Crippen MR) is 45.4 cm³/mol. The number of methoxy groups -OCH3 is 1. The van der Waals surface area contributed by atoms with Crippen molar-refractivity contribution in [3.05, 3.63) is 23.5 Å². The lowest BCUT2D eigenvalue weighted by molar-refractivity contribution is 0.310. The first-order valence-corrected chi connectivity index (χ1v) is 3.98. The summed E-state index contributed by atoms with van der Waals surface area (Å²) in [5.41, 5.74) is 6.37. The number of fused-ring (bicyclic) bond motifs is 1. The summed E-state index contributed by atoms with van der Waals surface area (Å²) in [4.78, 5) is 0. The monoisotopic (exact) mass is 183 g/mol. The van der Waals surface area contributed by atoms with Gasteiger partial charge < -0.3 is 15.2 Å². The quantitative estimate of drug-likeness (QED) is 0.712. The fourth-order valence-electron chi connectivity index (χ4n) is 1.43. The van der Waals surface area contributed by atoms with Crippen molar-refractivity contribution in [1.29, 1.82) is 0 Å². The molecule has 1 aliphatic heterocycles. The molecule has 0 amide bonds. The molecule has 0 saturated carbocycles. The van der Waals surface area contributed by atoms with Crippen LogP contribution in [-0.2, 0) is 0 Å². The van der Waals surface area contributed by atoms with Crippen molar-refractivity contribution in [3.63, 3.8) is 0 Å². The molecule has 4 heteroatoms. The van der Waals surface area contributed by atoms with Crippen LogP contribution in [-0.4, -0.2) is 13.7 Å². The van der Waals surface area contributed by atoms with Crippen LogP contribution in [0.1, 0.15) is 11.6 Å². The topological polar surface area (TPSA) is 44.5 Å². The van der Waals surface area contributed by atoms with Gasteiger partial charge in [-0.3, -0.25) is 0 Å². The zero-order valence-electron chi connectivity index (χ0n) is 7.21. The summed E-state index contributed by atoms with van der Waals surface area (Å²) in [6.07, 6.45) is 0. The predicted octanol–water partition coefficient (Wildman–Crippen LogP) is 1.23. The van der Waals surface area contributed by atoms with Gasteiger partial charge in [0.15, 0.2) is 11.5 Å². The molecule has 1 atom stereocenters. The van der Waals surface area contributed by atoms with Gasteiger partial charge in [0, 0.05) is 11.6 Å². The second-order valence-corrected chi connectivity index (χ2v) is 2.94. The third-order valence-electron chi connectivity index (χ3n) is 2.07. The molecule has 1 aromatic carbocycles. The highest BCUT2D eigenvalue weighted by atomic mass is 19.1. The van der Waals surface area contributed by atoms with E-state index in [1.54, 1.807) is 0 Å². The van der Waals surface area contributed by atoms with E-state index in [0.717, 1.165) is 0 Å². The lowest BCUT2D eigenvalue weighted by Gasteiger charge is -2.06. The van der Waals surface area contributed by atoms with Crippen molar-refractivity contribution in [2.24, 2.45) is 5.73 Å². The van der Waals surface area contributed by atoms with Crippen molar-refractivity contribution in [2.75, 3.05) is 13.7 Å². The highest BCUT2D eigenvalue weighted by Gasteiger charge is 2.25. The summed E-state index contributed by atoms with van der Waals surface area (Å²) in [6, 6.07) is 2.42. The van der Waals surface area contributed by atoms with Crippen molar-refractivity contribution < 1.29 is 13.9 Å². The minimum atomic E-state index is -0.350. The van der Waals surface area contributed by atoms with E-state index in [-0.39, 0.29) is 11.9 Å². The number of nitrogens with two attached hydrogens (primary N) is 1. The van der Waals surface area contributed by atoms with Crippen LogP contribution in [0, 0.1) is 5.82 Å². The summed E-state index contributed by atoms with van der Waals surface area (Å²) < 4.78 is 23.2. The SMILES string of the molecule is COc1cc(F)cc2c1OC[C@H]2N. The average Bonchev–Trinajstić information content (AvgIpc) is 2.47. The molecule has 0 aromatic heterocycles. The van der Waals surface area contributed by atoms with E-state index in [2.05, 4.69) is 0 Å². The normalized spacial score (nSPS) is 19.5. The van der Waals surface area contributed by atoms with E-state index in [1.807, 2.05) is 0 Å². The summed E-state index contributed by atoms with van der Waals surface area (Å²) in [6.45, 7) is 0.384. The van der Waals surface area contributed by atoms with Crippen LogP contribution in [0.2, 0.25) is 0 Å². The number of hydrogen-bond acceptors (Lipinski definition) is 3. The molecule has 1 aliphatic rings. The molecule has 2 N–H and O–H groups in total. The van der Waals surface area contributed by atoms with E-state index in [4.69, 9.17) is 15.2 Å². The molecule has 0 fully saturated rings. The van der Waals surface area contributed by atoms with Crippen LogP contribution in [0.4, 0.5) is 4.39 Å². The van der Waals surface area contributed by atoms with E-state index in [1.165, 1.54) is 19.2 Å². The maximum Gasteiger partial charge on any atom is 0.166 e. The molecule has 1 aromatic rings. The van der Waals surface area contributed by atoms with E-state index >= 15 is 0 Å². The molecule has 2 rings (SSSR count). The molecular formula is C9H10FNO2. The summed E-state index contributed by atoms with van der Waals surface area (Å²) >= 11 is 0. The zero-order valence-corrected chi connectivity index (χ0v) is 7.21. The first kappa shape index (κ1) is 8.31. The maximum atomic E-state index is 13.0. The minimum absolute atomic E-state index is 0.250. The number of halogens is 1. The lowest BCUT2D eigenvalue weighted by atomic mass is 10.1. The van der Waals surface area contributed by atoms with Gasteiger partial charge in [-0.15, -0.1) is 0 Å². The Balaban J connectivity index is 2.56. The molecule has 0 bridgehead atoms. The van der Waals surface area contributed by atoms with Gasteiger partial charge in [0.25, 0.3) is 0 Å². The minimum Gasteiger partial charge on any atom is -0.493 e. The highest BCUT2D eigenvalue weighted by Crippen LogP contribution is 2.39. The molecular weight excluding hydrogens is 173 g/mol. The van der Waals surface area contributed by atoms with Crippen LogP contribution >= 0.6 is 0 Å². The smallest absolute Gasteiger partial charge is 0.166 e. The average molecular weight is 183 g/mol. The number of rotatable bonds is 1. The van der Waals surface area contributed by atoms with E-state index < -0.39 is 0 Å². The Labute approximate surface area is 75.3 Å². The van der Waals surface area contributed by atoms with Gasteiger partial charge in [-0.2, -0.15) is 0 Å². The van der Waals surface area contributed by atoms with Crippen molar-refractivity contribution in [3.8, 4) is 11.5 Å². The molecule has 70 valence electrons. The van der Waals surface area contributed by atoms with Gasteiger partial charge in [-0.1, -0.05) is 0 Å². The highest BCUT2D eigenvalue weighted by molar-refractivity contribution is 5.50. The van der Waals surface area contributed by atoms with Crippen molar-refractivity contribution >= 4 is 0 Å². The third-order valence-corrected chi connectivity index (χ3v) is 2.07. The summed E-state index contributed by atoms with van der Waals surface area (Å²) in [7, 11) is 1.47. The Bertz CT molecular complexity index is 341. The molecule has 1 heterocycles. The van der Waals surface area contributed by atoms with Crippen molar-refractivity contribution in [2.45, 2.75) is 6.04 Å². The Morgan fingerprint density at radius 1 is 1.62 bits per heavy atom. The second kappa shape index (κ2) is 2.88. The molecule has 0 unspecified atom stereocenters. The Morgan fingerprint density at radius 2 is 2.38 bits per heavy atom. The fraction of sp³-hybridized carbons (Fsp3) is 0.333. The first-order chi connectivity index (χ1) is 6.22. The lowest BCUT2D eigenvalue weighted by Crippen LogP contribution is -2.10. The van der Waals surface area contributed by atoms with Gasteiger partial charge in [-0.25, -0.2) is 4.39 Å². The van der Waals surface area contributed by atoms with Gasteiger partial charge in [-0.05, 0) is 6.07 Å². The van der Waals surface area contributed by atoms with Crippen LogP contribution in [0.15, 0.2) is 12.1 Å². The zero-order chi connectivity index (χ0) is 9.42. The van der Waals surface area contributed by atoms with E-state index in [9.17, 15) is 4.39 Å². The Morgan fingerprint density at radius 3 is 3.08 bits per heavy atom. The number of benzene rings is 1. The van der Waals surface area contributed by atoms with Crippen LogP contribution < -0.4 is 15.2 Å². The maximum absolute atomic E-state index is 13.0. The van der Waals surface area contributed by atoms with Crippen molar-refractivity contribution in [1.82, 2.24) is 0 Å². The standard InChI is InChI=1S/C9H10FNO2/c1-12-8-3-5(10)2-6-7(11)4-13-9(6)8/h2-3,7H,4,11H2,1H3/t7-/m1/s1. The molecule has 0 saturated heterocycles. The van der Waals surface area contributed by atoms with Crippen LogP contribution in [0.25, 0.3) is 0 Å². The molecule has 0 aliphatic carbocycles. The molecule has 3 nitrogen and oxygen atoms in total. The Kier molecular flexibility index (Phi) is 1.84. The third kappa shape index (κ3) is 1.23. The summed E-state index contributed by atoms with van der Waals surface area (Å²) in [5.74, 6) is 0.621. The largest absolute Gasteiger partial charge is 0.493 e. The van der Waals surface area contributed by atoms with Gasteiger partial charge in [0.1, 0.15) is 12.4 Å².